The van der Waals surface area contributed by atoms with Crippen molar-refractivity contribution >= 4 is 16.0 Å². The van der Waals surface area contributed by atoms with Gasteiger partial charge in [0.05, 0.1) is 30.3 Å². The molecule has 10 heteroatoms. The third-order valence-corrected chi connectivity index (χ3v) is 5.66. The van der Waals surface area contributed by atoms with Crippen molar-refractivity contribution in [1.29, 1.82) is 0 Å². The minimum Gasteiger partial charge on any atom is -0.486 e. The average Bonchev–Trinajstić information content (AvgIpc) is 2.73. The van der Waals surface area contributed by atoms with Gasteiger partial charge in [0.15, 0.2) is 11.5 Å². The van der Waals surface area contributed by atoms with E-state index in [4.69, 9.17) is 14.2 Å². The molecule has 1 fully saturated rings. The molecule has 0 bridgehead atoms. The second kappa shape index (κ2) is 7.67. The number of benzene rings is 1. The summed E-state index contributed by atoms with van der Waals surface area (Å²) in [5.74, 6) is 1.56. The number of ether oxygens (including phenoxy) is 3. The van der Waals surface area contributed by atoms with Crippen LogP contribution in [0.5, 0.6) is 11.5 Å². The van der Waals surface area contributed by atoms with Crippen LogP contribution in [0.3, 0.4) is 0 Å². The first-order valence-corrected chi connectivity index (χ1v) is 10.1. The van der Waals surface area contributed by atoms with Crippen LogP contribution < -0.4 is 19.1 Å². The fourth-order valence-corrected chi connectivity index (χ4v) is 3.86. The van der Waals surface area contributed by atoms with Gasteiger partial charge in [-0.1, -0.05) is 0 Å². The molecule has 0 radical (unpaired) electrons. The molecule has 3 heterocycles. The Morgan fingerprint density at radius 2 is 1.81 bits per heavy atom. The van der Waals surface area contributed by atoms with Gasteiger partial charge in [-0.15, -0.1) is 0 Å². The Hall–Kier alpha value is -2.43. The second-order valence-electron chi connectivity index (χ2n) is 6.08. The molecule has 0 saturated carbocycles. The van der Waals surface area contributed by atoms with Gasteiger partial charge in [-0.3, -0.25) is 0 Å². The van der Waals surface area contributed by atoms with Gasteiger partial charge >= 0.3 is 0 Å². The van der Waals surface area contributed by atoms with E-state index in [1.54, 1.807) is 18.3 Å². The van der Waals surface area contributed by atoms with E-state index in [0.717, 1.165) is 0 Å². The lowest BCUT2D eigenvalue weighted by molar-refractivity contribution is 0.122. The monoisotopic (exact) mass is 392 g/mol. The van der Waals surface area contributed by atoms with E-state index in [1.807, 2.05) is 4.90 Å². The molecule has 4 rings (SSSR count). The summed E-state index contributed by atoms with van der Waals surface area (Å²) >= 11 is 0. The number of aromatic nitrogens is 2. The number of rotatable bonds is 5. The number of hydrogen-bond donors (Lipinski definition) is 1. The lowest BCUT2D eigenvalue weighted by atomic mass is 10.3. The smallest absolute Gasteiger partial charge is 0.241 e. The van der Waals surface area contributed by atoms with Gasteiger partial charge in [-0.05, 0) is 18.2 Å². The first kappa shape index (κ1) is 18.0. The summed E-state index contributed by atoms with van der Waals surface area (Å²) in [5, 5.41) is 0. The fourth-order valence-electron chi connectivity index (χ4n) is 2.84. The lowest BCUT2D eigenvalue weighted by Crippen LogP contribution is -2.37. The maximum absolute atomic E-state index is 12.6. The Balaban J connectivity index is 1.46. The molecule has 1 aromatic heterocycles. The first-order chi connectivity index (χ1) is 13.1. The summed E-state index contributed by atoms with van der Waals surface area (Å²) < 4.78 is 44.0. The average molecular weight is 392 g/mol. The number of fused-ring (bicyclic) bond motifs is 1. The van der Waals surface area contributed by atoms with Crippen molar-refractivity contribution < 1.29 is 22.6 Å². The van der Waals surface area contributed by atoms with E-state index in [9.17, 15) is 8.42 Å². The number of anilines is 1. The molecule has 0 unspecified atom stereocenters. The van der Waals surface area contributed by atoms with Crippen molar-refractivity contribution in [2.45, 2.75) is 11.4 Å². The topological polar surface area (TPSA) is 103 Å². The third kappa shape index (κ3) is 4.12. The van der Waals surface area contributed by atoms with Crippen molar-refractivity contribution in [1.82, 2.24) is 14.7 Å². The Kier molecular flexibility index (Phi) is 5.10. The summed E-state index contributed by atoms with van der Waals surface area (Å²) in [6.07, 6.45) is 1.63. The minimum atomic E-state index is -3.71. The molecule has 1 saturated heterocycles. The molecule has 2 aromatic rings. The molecule has 9 nitrogen and oxygen atoms in total. The van der Waals surface area contributed by atoms with Crippen LogP contribution in [0.2, 0.25) is 0 Å². The number of morpholine rings is 1. The number of sulfonamides is 1. The van der Waals surface area contributed by atoms with Gasteiger partial charge in [0, 0.05) is 25.4 Å². The van der Waals surface area contributed by atoms with E-state index in [0.29, 0.717) is 62.7 Å². The maximum atomic E-state index is 12.6. The summed E-state index contributed by atoms with van der Waals surface area (Å²) in [5.41, 5.74) is 0.590. The lowest BCUT2D eigenvalue weighted by Gasteiger charge is -2.26. The van der Waals surface area contributed by atoms with Gasteiger partial charge in [-0.25, -0.2) is 23.1 Å². The molecule has 27 heavy (non-hydrogen) atoms. The molecule has 0 aliphatic carbocycles. The number of nitrogens with zero attached hydrogens (tertiary/aromatic N) is 3. The van der Waals surface area contributed by atoms with Crippen LogP contribution in [-0.2, 0) is 21.3 Å². The zero-order valence-corrected chi connectivity index (χ0v) is 15.4. The predicted octanol–water partition coefficient (Wildman–Crippen LogP) is 0.563. The zero-order chi connectivity index (χ0) is 18.7. The van der Waals surface area contributed by atoms with E-state index >= 15 is 0 Å². The van der Waals surface area contributed by atoms with Crippen LogP contribution in [0, 0.1) is 0 Å². The summed E-state index contributed by atoms with van der Waals surface area (Å²) in [7, 11) is -3.71. The molecule has 1 aromatic carbocycles. The van der Waals surface area contributed by atoms with Crippen LogP contribution in [-0.4, -0.2) is 57.9 Å². The fraction of sp³-hybridized carbons (Fsp3) is 0.412. The Bertz CT molecular complexity index is 915. The third-order valence-electron chi connectivity index (χ3n) is 4.26. The summed E-state index contributed by atoms with van der Waals surface area (Å²) in [4.78, 5) is 10.9. The minimum absolute atomic E-state index is 0.0661. The first-order valence-electron chi connectivity index (χ1n) is 8.66. The predicted molar refractivity (Wildman–Crippen MR) is 96.5 cm³/mol. The molecule has 0 spiro atoms. The van der Waals surface area contributed by atoms with Crippen molar-refractivity contribution in [2.24, 2.45) is 0 Å². The van der Waals surface area contributed by atoms with Gasteiger partial charge < -0.3 is 19.1 Å². The van der Waals surface area contributed by atoms with Crippen LogP contribution >= 0.6 is 0 Å². The zero-order valence-electron chi connectivity index (χ0n) is 14.6. The molecular weight excluding hydrogens is 372 g/mol. The normalized spacial score (nSPS) is 17.0. The Morgan fingerprint density at radius 3 is 2.63 bits per heavy atom. The van der Waals surface area contributed by atoms with Crippen molar-refractivity contribution in [3.8, 4) is 11.5 Å². The number of nitrogens with one attached hydrogen (secondary N) is 1. The van der Waals surface area contributed by atoms with E-state index in [1.165, 1.54) is 12.1 Å². The SMILES string of the molecule is O=S(=O)(NCc1ccnc(N2CCOCC2)n1)c1ccc2c(c1)OCCO2. The molecule has 1 N–H and O–H groups in total. The molecule has 2 aliphatic heterocycles. The quantitative estimate of drug-likeness (QED) is 0.788. The van der Waals surface area contributed by atoms with Gasteiger partial charge in [-0.2, -0.15) is 0 Å². The summed E-state index contributed by atoms with van der Waals surface area (Å²) in [6.45, 7) is 3.61. The molecule has 2 aliphatic rings. The Morgan fingerprint density at radius 1 is 1.04 bits per heavy atom. The van der Waals surface area contributed by atoms with Crippen LogP contribution in [0.1, 0.15) is 5.69 Å². The van der Waals surface area contributed by atoms with Crippen molar-refractivity contribution in [3.63, 3.8) is 0 Å². The van der Waals surface area contributed by atoms with Crippen molar-refractivity contribution in [2.75, 3.05) is 44.4 Å². The molecule has 0 amide bonds. The Labute approximate surface area is 157 Å². The van der Waals surface area contributed by atoms with Crippen LogP contribution in [0.25, 0.3) is 0 Å². The van der Waals surface area contributed by atoms with E-state index in [2.05, 4.69) is 14.7 Å². The maximum Gasteiger partial charge on any atom is 0.241 e. The van der Waals surface area contributed by atoms with Crippen LogP contribution in [0.15, 0.2) is 35.4 Å². The van der Waals surface area contributed by atoms with Gasteiger partial charge in [0.25, 0.3) is 0 Å². The van der Waals surface area contributed by atoms with Crippen LogP contribution in [0.4, 0.5) is 5.95 Å². The highest BCUT2D eigenvalue weighted by molar-refractivity contribution is 7.89. The number of hydrogen-bond acceptors (Lipinski definition) is 8. The van der Waals surface area contributed by atoms with Gasteiger partial charge in [0.1, 0.15) is 13.2 Å². The molecular formula is C17H20N4O5S. The second-order valence-corrected chi connectivity index (χ2v) is 7.84. The van der Waals surface area contributed by atoms with Gasteiger partial charge in [0.2, 0.25) is 16.0 Å². The highest BCUT2D eigenvalue weighted by Gasteiger charge is 2.20. The largest absolute Gasteiger partial charge is 0.486 e. The van der Waals surface area contributed by atoms with Crippen molar-refractivity contribution in [3.05, 3.63) is 36.2 Å². The highest BCUT2D eigenvalue weighted by atomic mass is 32.2. The standard InChI is InChI=1S/C17H20N4O5S/c22-27(23,14-1-2-15-16(11-14)26-10-9-25-15)19-12-13-3-4-18-17(20-13)21-5-7-24-8-6-21/h1-4,11,19H,5-10,12H2. The highest BCUT2D eigenvalue weighted by Crippen LogP contribution is 2.32. The molecule has 0 atom stereocenters. The van der Waals surface area contributed by atoms with E-state index in [-0.39, 0.29) is 11.4 Å². The van der Waals surface area contributed by atoms with E-state index < -0.39 is 10.0 Å². The molecule has 144 valence electrons. The summed E-state index contributed by atoms with van der Waals surface area (Å²) in [6, 6.07) is 6.26.